The monoisotopic (exact) mass is 916 g/mol. The van der Waals surface area contributed by atoms with Crippen LogP contribution in [0.2, 0.25) is 0 Å². The van der Waals surface area contributed by atoms with Gasteiger partial charge in [0.05, 0.1) is 5.69 Å². The smallest absolute Gasteiger partial charge is 0.197 e. The molecule has 0 bridgehead atoms. The average Bonchev–Trinajstić information content (AvgIpc) is 3.62. The summed E-state index contributed by atoms with van der Waals surface area (Å²) in [6.45, 7) is 26.2. The molecule has 1 radical (unpaired) electrons. The Bertz CT molecular complexity index is 3180. The lowest BCUT2D eigenvalue weighted by Gasteiger charge is -2.44. The zero-order valence-corrected chi connectivity index (χ0v) is 43.8. The SMILES string of the molecule is CC=C1/C(=C(/c2cc3c(cc2Nc2ccc(C)cc2)C(C)(C)CCC3(C)C)C2Cc3ccccc3C2(C)C)[B]c2ccc(C)c(-c3ccccc3C)c2N1c1ccc(CCCC)cc1-c1ccccc1. The highest BCUT2D eigenvalue weighted by molar-refractivity contribution is 6.67. The van der Waals surface area contributed by atoms with Crippen molar-refractivity contribution in [2.45, 2.75) is 131 Å². The summed E-state index contributed by atoms with van der Waals surface area (Å²) in [5.74, 6) is 0.164. The number of hydrogen-bond donors (Lipinski definition) is 1. The molecule has 2 nitrogen and oxygen atoms in total. The number of aryl methyl sites for hydroxylation is 4. The molecule has 1 atom stereocenters. The molecular weight excluding hydrogens is 844 g/mol. The van der Waals surface area contributed by atoms with Crippen molar-refractivity contribution in [2.75, 3.05) is 10.2 Å². The van der Waals surface area contributed by atoms with Crippen LogP contribution < -0.4 is 15.7 Å². The van der Waals surface area contributed by atoms with Gasteiger partial charge in [-0.3, -0.25) is 0 Å². The first-order valence-electron chi connectivity index (χ1n) is 26.2. The van der Waals surface area contributed by atoms with Gasteiger partial charge in [0.2, 0.25) is 0 Å². The van der Waals surface area contributed by atoms with Crippen LogP contribution in [0, 0.1) is 26.7 Å². The fourth-order valence-electron chi connectivity index (χ4n) is 12.3. The zero-order valence-electron chi connectivity index (χ0n) is 43.8. The van der Waals surface area contributed by atoms with Crippen molar-refractivity contribution >= 4 is 41.1 Å². The normalized spacial score (nSPS) is 18.7. The van der Waals surface area contributed by atoms with Crippen LogP contribution in [0.25, 0.3) is 27.8 Å². The van der Waals surface area contributed by atoms with Crippen LogP contribution in [0.15, 0.2) is 163 Å². The summed E-state index contributed by atoms with van der Waals surface area (Å²) in [5.41, 5.74) is 27.1. The maximum atomic E-state index is 4.12. The molecule has 1 N–H and O–H groups in total. The van der Waals surface area contributed by atoms with E-state index >= 15 is 0 Å². The number of rotatable bonds is 10. The van der Waals surface area contributed by atoms with Crippen molar-refractivity contribution in [2.24, 2.45) is 5.92 Å². The summed E-state index contributed by atoms with van der Waals surface area (Å²) < 4.78 is 0. The van der Waals surface area contributed by atoms with Crippen molar-refractivity contribution in [3.8, 4) is 22.3 Å². The Hall–Kier alpha value is -6.32. The summed E-state index contributed by atoms with van der Waals surface area (Å²) in [6.07, 6.45) is 9.06. The van der Waals surface area contributed by atoms with E-state index < -0.39 is 0 Å². The van der Waals surface area contributed by atoms with Gasteiger partial charge in [-0.25, -0.2) is 0 Å². The highest BCUT2D eigenvalue weighted by Crippen LogP contribution is 2.56. The molecule has 0 spiro atoms. The van der Waals surface area contributed by atoms with Crippen LogP contribution in [0.3, 0.4) is 0 Å². The Balaban J connectivity index is 1.35. The second-order valence-corrected chi connectivity index (χ2v) is 22.7. The lowest BCUT2D eigenvalue weighted by atomic mass is 9.53. The summed E-state index contributed by atoms with van der Waals surface area (Å²) >= 11 is 0. The summed E-state index contributed by atoms with van der Waals surface area (Å²) in [5, 5.41) is 4.12. The molecule has 7 aromatic carbocycles. The quantitative estimate of drug-likeness (QED) is 0.138. The first-order valence-corrected chi connectivity index (χ1v) is 26.2. The number of anilines is 4. The molecule has 0 fully saturated rings. The van der Waals surface area contributed by atoms with Crippen LogP contribution in [0.1, 0.15) is 131 Å². The van der Waals surface area contributed by atoms with Gasteiger partial charge in [0.1, 0.15) is 0 Å². The molecule has 3 aliphatic rings. The van der Waals surface area contributed by atoms with Crippen LogP contribution in [0.4, 0.5) is 22.7 Å². The lowest BCUT2D eigenvalue weighted by molar-refractivity contribution is 0.332. The van der Waals surface area contributed by atoms with Gasteiger partial charge in [-0.15, -0.1) is 0 Å². The molecule has 0 saturated heterocycles. The zero-order chi connectivity index (χ0) is 49.1. The minimum Gasteiger partial charge on any atom is -0.355 e. The third-order valence-corrected chi connectivity index (χ3v) is 16.6. The van der Waals surface area contributed by atoms with Gasteiger partial charge in [0, 0.05) is 39.4 Å². The number of hydrogen-bond acceptors (Lipinski definition) is 2. The van der Waals surface area contributed by atoms with Gasteiger partial charge in [0.15, 0.2) is 7.28 Å². The van der Waals surface area contributed by atoms with Crippen molar-refractivity contribution < 1.29 is 0 Å². The molecule has 10 rings (SSSR count). The maximum absolute atomic E-state index is 4.12. The van der Waals surface area contributed by atoms with Crippen LogP contribution in [-0.2, 0) is 29.1 Å². The minimum atomic E-state index is -0.168. The van der Waals surface area contributed by atoms with Crippen molar-refractivity contribution in [1.82, 2.24) is 0 Å². The second kappa shape index (κ2) is 18.5. The van der Waals surface area contributed by atoms with Gasteiger partial charge >= 0.3 is 0 Å². The average molecular weight is 916 g/mol. The number of unbranched alkanes of at least 4 members (excludes halogenated alkanes) is 1. The van der Waals surface area contributed by atoms with Crippen molar-refractivity contribution in [3.05, 3.63) is 213 Å². The first kappa shape index (κ1) is 47.4. The van der Waals surface area contributed by atoms with Crippen molar-refractivity contribution in [1.29, 1.82) is 0 Å². The predicted molar refractivity (Wildman–Crippen MR) is 303 cm³/mol. The van der Waals surface area contributed by atoms with E-state index in [0.29, 0.717) is 0 Å². The predicted octanol–water partition coefficient (Wildman–Crippen LogP) is 17.3. The molecule has 7 aromatic rings. The molecule has 1 aliphatic heterocycles. The molecule has 3 heteroatoms. The Morgan fingerprint density at radius 1 is 0.686 bits per heavy atom. The van der Waals surface area contributed by atoms with E-state index in [1.807, 2.05) is 0 Å². The molecule has 1 unspecified atom stereocenters. The highest BCUT2D eigenvalue weighted by atomic mass is 15.2. The molecule has 0 amide bonds. The van der Waals surface area contributed by atoms with Crippen molar-refractivity contribution in [3.63, 3.8) is 0 Å². The minimum absolute atomic E-state index is 0.00828. The van der Waals surface area contributed by atoms with E-state index in [1.165, 1.54) is 112 Å². The van der Waals surface area contributed by atoms with Gasteiger partial charge in [-0.2, -0.15) is 0 Å². The fourth-order valence-corrected chi connectivity index (χ4v) is 12.3. The topological polar surface area (TPSA) is 15.3 Å². The number of nitrogens with zero attached hydrogens (tertiary/aromatic N) is 1. The molecule has 0 aromatic heterocycles. The summed E-state index contributed by atoms with van der Waals surface area (Å²) in [4.78, 5) is 2.68. The van der Waals surface area contributed by atoms with E-state index in [0.717, 1.165) is 44.2 Å². The Morgan fingerprint density at radius 2 is 1.37 bits per heavy atom. The largest absolute Gasteiger partial charge is 0.355 e. The Kier molecular flexibility index (Phi) is 12.5. The van der Waals surface area contributed by atoms with E-state index in [-0.39, 0.29) is 22.2 Å². The van der Waals surface area contributed by atoms with E-state index in [4.69, 9.17) is 0 Å². The van der Waals surface area contributed by atoms with E-state index in [1.54, 1.807) is 0 Å². The highest BCUT2D eigenvalue weighted by Gasteiger charge is 2.46. The third kappa shape index (κ3) is 8.38. The van der Waals surface area contributed by atoms with Gasteiger partial charge in [-0.05, 0) is 174 Å². The molecule has 1 heterocycles. The van der Waals surface area contributed by atoms with Gasteiger partial charge in [-0.1, -0.05) is 187 Å². The Labute approximate surface area is 421 Å². The van der Waals surface area contributed by atoms with Gasteiger partial charge < -0.3 is 10.2 Å². The maximum Gasteiger partial charge on any atom is 0.197 e. The number of fused-ring (bicyclic) bond motifs is 3. The standard InChI is InChI=1S/C67H72BN2/c1-12-14-23-46-32-36-60(51(39-46)47-24-16-15-17-25-47)70-59(13-2)63(68-57-35-31-45(5)61(64(57)70)50-27-20-18-22-44(50)4)62(56-40-48-26-19-21-28-53(48)67(56,10)11)52-41-54-55(66(8,9)38-37-65(54,6)7)42-58(52)69-49-33-29-43(3)30-34-49/h13,15-22,24-36,39,41-42,56,69H,12,14,23,37-38,40H2,1-11H3/b59-13?,63-62+. The number of benzene rings is 7. The number of nitrogens with one attached hydrogen (secondary N) is 1. The molecular formula is C67H72BN2. The van der Waals surface area contributed by atoms with Crippen LogP contribution in [0.5, 0.6) is 0 Å². The molecule has 70 heavy (non-hydrogen) atoms. The molecule has 2 aliphatic carbocycles. The third-order valence-electron chi connectivity index (χ3n) is 16.6. The second-order valence-electron chi connectivity index (χ2n) is 22.7. The molecule has 0 saturated carbocycles. The summed E-state index contributed by atoms with van der Waals surface area (Å²) in [7, 11) is 2.58. The van der Waals surface area contributed by atoms with E-state index in [2.05, 4.69) is 245 Å². The number of allylic oxidation sites excluding steroid dienone is 3. The molecule has 353 valence electrons. The fraction of sp³-hybridized carbons (Fsp3) is 0.313. The Morgan fingerprint density at radius 3 is 2.07 bits per heavy atom. The van der Waals surface area contributed by atoms with E-state index in [9.17, 15) is 0 Å². The van der Waals surface area contributed by atoms with Crippen LogP contribution >= 0.6 is 0 Å². The lowest BCUT2D eigenvalue weighted by Crippen LogP contribution is -2.39. The first-order chi connectivity index (χ1) is 33.6. The summed E-state index contributed by atoms with van der Waals surface area (Å²) in [6, 6.07) is 55.7. The van der Waals surface area contributed by atoms with Crippen LogP contribution in [-0.4, -0.2) is 7.28 Å². The van der Waals surface area contributed by atoms with Gasteiger partial charge in [0.25, 0.3) is 0 Å².